The number of methoxy groups -OCH3 is 2. The van der Waals surface area contributed by atoms with Gasteiger partial charge in [-0.1, -0.05) is 23.8 Å². The molecule has 0 spiro atoms. The molecule has 0 radical (unpaired) electrons. The van der Waals surface area contributed by atoms with Crippen molar-refractivity contribution in [2.45, 2.75) is 32.8 Å². The van der Waals surface area contributed by atoms with Crippen LogP contribution in [-0.4, -0.2) is 20.3 Å². The average molecular weight is 234 g/mol. The number of ether oxygens (including phenoxy) is 2. The maximum absolute atomic E-state index is 5.32. The summed E-state index contributed by atoms with van der Waals surface area (Å²) >= 11 is 0. The zero-order valence-electron chi connectivity index (χ0n) is 11.2. The van der Waals surface area contributed by atoms with E-state index in [0.717, 1.165) is 24.2 Å². The third-order valence-electron chi connectivity index (χ3n) is 2.82. The van der Waals surface area contributed by atoms with E-state index in [2.05, 4.69) is 38.1 Å². The number of hydrogen-bond acceptors (Lipinski definition) is 2. The number of allylic oxidation sites excluding steroid dienone is 1. The van der Waals surface area contributed by atoms with Crippen molar-refractivity contribution in [3.8, 4) is 5.75 Å². The van der Waals surface area contributed by atoms with E-state index in [1.54, 1.807) is 14.2 Å². The SMILES string of the molecule is COc1ccc(C)cc1/C=C/CC[C@H](C)OC. The first-order chi connectivity index (χ1) is 8.17. The van der Waals surface area contributed by atoms with E-state index in [-0.39, 0.29) is 0 Å². The monoisotopic (exact) mass is 234 g/mol. The summed E-state index contributed by atoms with van der Waals surface area (Å²) in [5, 5.41) is 0. The summed E-state index contributed by atoms with van der Waals surface area (Å²) in [7, 11) is 3.45. The van der Waals surface area contributed by atoms with Gasteiger partial charge in [-0.25, -0.2) is 0 Å². The van der Waals surface area contributed by atoms with E-state index < -0.39 is 0 Å². The molecule has 0 aliphatic rings. The van der Waals surface area contributed by atoms with Gasteiger partial charge in [0, 0.05) is 12.7 Å². The molecule has 0 saturated heterocycles. The molecule has 94 valence electrons. The first-order valence-electron chi connectivity index (χ1n) is 6.01. The Hall–Kier alpha value is -1.28. The fraction of sp³-hybridized carbons (Fsp3) is 0.467. The lowest BCUT2D eigenvalue weighted by Gasteiger charge is -2.07. The zero-order chi connectivity index (χ0) is 12.7. The van der Waals surface area contributed by atoms with Crippen molar-refractivity contribution < 1.29 is 9.47 Å². The van der Waals surface area contributed by atoms with Crippen molar-refractivity contribution in [2.75, 3.05) is 14.2 Å². The van der Waals surface area contributed by atoms with Crippen LogP contribution in [0, 0.1) is 6.92 Å². The summed E-state index contributed by atoms with van der Waals surface area (Å²) in [6, 6.07) is 6.20. The molecular formula is C15H22O2. The van der Waals surface area contributed by atoms with E-state index in [1.807, 2.05) is 6.07 Å². The lowest BCUT2D eigenvalue weighted by molar-refractivity contribution is 0.112. The molecule has 0 aliphatic heterocycles. The highest BCUT2D eigenvalue weighted by Gasteiger charge is 1.99. The van der Waals surface area contributed by atoms with Gasteiger partial charge in [0.1, 0.15) is 5.75 Å². The quantitative estimate of drug-likeness (QED) is 0.744. The number of aryl methyl sites for hydroxylation is 1. The van der Waals surface area contributed by atoms with Crippen molar-refractivity contribution in [3.63, 3.8) is 0 Å². The van der Waals surface area contributed by atoms with E-state index in [0.29, 0.717) is 6.10 Å². The highest BCUT2D eigenvalue weighted by atomic mass is 16.5. The second-order valence-electron chi connectivity index (χ2n) is 4.27. The van der Waals surface area contributed by atoms with Crippen molar-refractivity contribution in [1.82, 2.24) is 0 Å². The molecule has 0 fully saturated rings. The Kier molecular flexibility index (Phi) is 5.78. The molecule has 2 nitrogen and oxygen atoms in total. The molecule has 0 N–H and O–H groups in total. The normalized spacial score (nSPS) is 12.9. The van der Waals surface area contributed by atoms with Crippen LogP contribution < -0.4 is 4.74 Å². The molecule has 0 aromatic heterocycles. The van der Waals surface area contributed by atoms with Crippen LogP contribution in [0.4, 0.5) is 0 Å². The van der Waals surface area contributed by atoms with Crippen LogP contribution in [0.2, 0.25) is 0 Å². The van der Waals surface area contributed by atoms with Gasteiger partial charge in [0.2, 0.25) is 0 Å². The van der Waals surface area contributed by atoms with Gasteiger partial charge in [-0.05, 0) is 38.8 Å². The van der Waals surface area contributed by atoms with Crippen LogP contribution in [0.15, 0.2) is 24.3 Å². The fourth-order valence-electron chi connectivity index (χ4n) is 1.64. The first kappa shape index (κ1) is 13.8. The molecular weight excluding hydrogens is 212 g/mol. The lowest BCUT2D eigenvalue weighted by Crippen LogP contribution is -2.02. The van der Waals surface area contributed by atoms with Crippen LogP contribution in [-0.2, 0) is 4.74 Å². The van der Waals surface area contributed by atoms with Gasteiger partial charge in [0.05, 0.1) is 13.2 Å². The Bertz CT molecular complexity index is 369. The summed E-state index contributed by atoms with van der Waals surface area (Å²) in [5.41, 5.74) is 2.38. The summed E-state index contributed by atoms with van der Waals surface area (Å²) in [6.45, 7) is 4.17. The van der Waals surface area contributed by atoms with Crippen molar-refractivity contribution in [1.29, 1.82) is 0 Å². The highest BCUT2D eigenvalue weighted by Crippen LogP contribution is 2.21. The second kappa shape index (κ2) is 7.13. The molecule has 1 rings (SSSR count). The molecule has 0 heterocycles. The number of rotatable bonds is 6. The Morgan fingerprint density at radius 1 is 1.29 bits per heavy atom. The van der Waals surface area contributed by atoms with Crippen molar-refractivity contribution >= 4 is 6.08 Å². The van der Waals surface area contributed by atoms with Crippen molar-refractivity contribution in [3.05, 3.63) is 35.4 Å². The Morgan fingerprint density at radius 2 is 2.06 bits per heavy atom. The zero-order valence-corrected chi connectivity index (χ0v) is 11.2. The van der Waals surface area contributed by atoms with Crippen LogP contribution >= 0.6 is 0 Å². The third-order valence-corrected chi connectivity index (χ3v) is 2.82. The molecule has 0 unspecified atom stereocenters. The molecule has 1 aromatic carbocycles. The average Bonchev–Trinajstić information content (AvgIpc) is 2.34. The summed E-state index contributed by atoms with van der Waals surface area (Å²) in [6.07, 6.45) is 6.67. The Balaban J connectivity index is 2.60. The minimum atomic E-state index is 0.319. The molecule has 2 heteroatoms. The fourth-order valence-corrected chi connectivity index (χ4v) is 1.64. The van der Waals surface area contributed by atoms with E-state index >= 15 is 0 Å². The molecule has 17 heavy (non-hydrogen) atoms. The second-order valence-corrected chi connectivity index (χ2v) is 4.27. The molecule has 0 aliphatic carbocycles. The van der Waals surface area contributed by atoms with Gasteiger partial charge >= 0.3 is 0 Å². The topological polar surface area (TPSA) is 18.5 Å². The van der Waals surface area contributed by atoms with E-state index in [9.17, 15) is 0 Å². The minimum absolute atomic E-state index is 0.319. The van der Waals surface area contributed by atoms with Crippen LogP contribution in [0.25, 0.3) is 6.08 Å². The Morgan fingerprint density at radius 3 is 2.71 bits per heavy atom. The molecule has 0 bridgehead atoms. The van der Waals surface area contributed by atoms with E-state index in [1.165, 1.54) is 5.56 Å². The predicted molar refractivity (Wildman–Crippen MR) is 72.5 cm³/mol. The predicted octanol–water partition coefficient (Wildman–Crippen LogP) is 3.83. The summed E-state index contributed by atoms with van der Waals surface area (Å²) in [5.74, 6) is 0.923. The number of benzene rings is 1. The minimum Gasteiger partial charge on any atom is -0.496 e. The van der Waals surface area contributed by atoms with Gasteiger partial charge in [-0.3, -0.25) is 0 Å². The van der Waals surface area contributed by atoms with Crippen LogP contribution in [0.5, 0.6) is 5.75 Å². The first-order valence-corrected chi connectivity index (χ1v) is 6.01. The van der Waals surface area contributed by atoms with Gasteiger partial charge in [0.25, 0.3) is 0 Å². The van der Waals surface area contributed by atoms with Crippen molar-refractivity contribution in [2.24, 2.45) is 0 Å². The van der Waals surface area contributed by atoms with Gasteiger partial charge in [-0.2, -0.15) is 0 Å². The summed E-state index contributed by atoms with van der Waals surface area (Å²) in [4.78, 5) is 0. The van der Waals surface area contributed by atoms with Gasteiger partial charge in [-0.15, -0.1) is 0 Å². The smallest absolute Gasteiger partial charge is 0.126 e. The maximum Gasteiger partial charge on any atom is 0.126 e. The largest absolute Gasteiger partial charge is 0.496 e. The van der Waals surface area contributed by atoms with Gasteiger partial charge in [0.15, 0.2) is 0 Å². The van der Waals surface area contributed by atoms with E-state index in [4.69, 9.17) is 9.47 Å². The lowest BCUT2D eigenvalue weighted by atomic mass is 10.1. The maximum atomic E-state index is 5.32. The van der Waals surface area contributed by atoms with Crippen LogP contribution in [0.3, 0.4) is 0 Å². The molecule has 1 aromatic rings. The molecule has 1 atom stereocenters. The van der Waals surface area contributed by atoms with Gasteiger partial charge < -0.3 is 9.47 Å². The highest BCUT2D eigenvalue weighted by molar-refractivity contribution is 5.58. The number of hydrogen-bond donors (Lipinski definition) is 0. The Labute approximate surface area is 104 Å². The summed E-state index contributed by atoms with van der Waals surface area (Å²) < 4.78 is 10.5. The van der Waals surface area contributed by atoms with Crippen LogP contribution in [0.1, 0.15) is 30.9 Å². The standard InChI is InChI=1S/C15H22O2/c1-12-9-10-15(17-4)14(11-12)8-6-5-7-13(2)16-3/h6,8-11,13H,5,7H2,1-4H3/b8-6+/t13-/m0/s1. The third kappa shape index (κ3) is 4.61. The molecule has 0 saturated carbocycles. The molecule has 0 amide bonds.